The Morgan fingerprint density at radius 2 is 2.05 bits per heavy atom. The summed E-state index contributed by atoms with van der Waals surface area (Å²) >= 11 is 6.10. The number of hydrogen-bond acceptors (Lipinski definition) is 3. The molecule has 4 N–H and O–H groups in total. The second-order valence-corrected chi connectivity index (χ2v) is 5.44. The molecule has 0 radical (unpaired) electrons. The van der Waals surface area contributed by atoms with E-state index in [9.17, 15) is 4.79 Å². The summed E-state index contributed by atoms with van der Waals surface area (Å²) in [5.41, 5.74) is 6.66. The van der Waals surface area contributed by atoms with Crippen LogP contribution in [0.4, 0.5) is 0 Å². The molecule has 0 fully saturated rings. The average Bonchev–Trinajstić information content (AvgIpc) is 2.83. The third kappa shape index (κ3) is 3.91. The number of benzene rings is 1. The first-order valence-corrected chi connectivity index (χ1v) is 6.86. The summed E-state index contributed by atoms with van der Waals surface area (Å²) in [5.74, 6) is -0.608. The van der Waals surface area contributed by atoms with E-state index in [4.69, 9.17) is 22.7 Å². The smallest absolute Gasteiger partial charge is 0.277 e. The van der Waals surface area contributed by atoms with Gasteiger partial charge >= 0.3 is 0 Å². The third-order valence-electron chi connectivity index (χ3n) is 3.15. The van der Waals surface area contributed by atoms with E-state index in [1.54, 1.807) is 12.1 Å². The Labute approximate surface area is 140 Å². The van der Waals surface area contributed by atoms with Crippen LogP contribution in [0.2, 0.25) is 5.02 Å². The Hall–Kier alpha value is -1.76. The van der Waals surface area contributed by atoms with Gasteiger partial charge in [0.25, 0.3) is 5.91 Å². The number of guanidine groups is 1. The molecule has 2 aromatic rings. The van der Waals surface area contributed by atoms with E-state index in [0.29, 0.717) is 23.8 Å². The first kappa shape index (κ1) is 18.3. The van der Waals surface area contributed by atoms with E-state index in [1.165, 1.54) is 4.90 Å². The Kier molecular flexibility index (Phi) is 6.22. The lowest BCUT2D eigenvalue weighted by atomic mass is 10.2. The maximum absolute atomic E-state index is 12.5. The molecule has 0 atom stereocenters. The number of fused-ring (bicyclic) bond motifs is 1. The van der Waals surface area contributed by atoms with E-state index in [-0.39, 0.29) is 24.3 Å². The fourth-order valence-electron chi connectivity index (χ4n) is 2.01. The summed E-state index contributed by atoms with van der Waals surface area (Å²) < 4.78 is 0. The van der Waals surface area contributed by atoms with Gasteiger partial charge in [0.2, 0.25) is 0 Å². The van der Waals surface area contributed by atoms with Gasteiger partial charge in [0, 0.05) is 29.0 Å². The van der Waals surface area contributed by atoms with E-state index >= 15 is 0 Å². The zero-order valence-corrected chi connectivity index (χ0v) is 14.0. The molecule has 0 saturated heterocycles. The summed E-state index contributed by atoms with van der Waals surface area (Å²) in [6.45, 7) is 0.969. The SMILES string of the molecule is CN(C)CCN(C(=N)N)C(=O)c1cc2c(Cl)cccc2[nH]1.Cl. The Balaban J connectivity index is 0.00000242. The molecule has 120 valence electrons. The molecular weight excluding hydrogens is 325 g/mol. The zero-order valence-electron chi connectivity index (χ0n) is 12.4. The quantitative estimate of drug-likeness (QED) is 0.586. The van der Waals surface area contributed by atoms with E-state index in [1.807, 2.05) is 31.1 Å². The number of carbonyl (C=O) groups excluding carboxylic acids is 1. The number of hydrogen-bond donors (Lipinski definition) is 3. The molecule has 2 rings (SSSR count). The predicted octanol–water partition coefficient (Wildman–Crippen LogP) is 2.14. The Bertz CT molecular complexity index is 683. The lowest BCUT2D eigenvalue weighted by Gasteiger charge is -2.21. The van der Waals surface area contributed by atoms with Crippen molar-refractivity contribution in [3.05, 3.63) is 35.0 Å². The van der Waals surface area contributed by atoms with Crippen LogP contribution in [0.3, 0.4) is 0 Å². The molecule has 1 aromatic heterocycles. The number of amides is 1. The van der Waals surface area contributed by atoms with Gasteiger partial charge in [-0.15, -0.1) is 12.4 Å². The number of likely N-dealkylation sites (N-methyl/N-ethyl adjacent to an activating group) is 1. The topological polar surface area (TPSA) is 89.2 Å². The van der Waals surface area contributed by atoms with Crippen molar-refractivity contribution in [3.8, 4) is 0 Å². The van der Waals surface area contributed by atoms with Crippen LogP contribution in [-0.4, -0.2) is 53.8 Å². The highest BCUT2D eigenvalue weighted by atomic mass is 35.5. The lowest BCUT2D eigenvalue weighted by molar-refractivity contribution is 0.0833. The normalized spacial score (nSPS) is 10.5. The lowest BCUT2D eigenvalue weighted by Crippen LogP contribution is -2.44. The van der Waals surface area contributed by atoms with E-state index < -0.39 is 0 Å². The average molecular weight is 344 g/mol. The zero-order chi connectivity index (χ0) is 15.6. The van der Waals surface area contributed by atoms with Crippen molar-refractivity contribution in [2.75, 3.05) is 27.2 Å². The maximum Gasteiger partial charge on any atom is 0.277 e. The summed E-state index contributed by atoms with van der Waals surface area (Å²) in [6.07, 6.45) is 0. The number of halogens is 2. The molecule has 22 heavy (non-hydrogen) atoms. The summed E-state index contributed by atoms with van der Waals surface area (Å²) in [5, 5.41) is 8.93. The van der Waals surface area contributed by atoms with Crippen LogP contribution in [-0.2, 0) is 0 Å². The molecule has 8 heteroatoms. The second-order valence-electron chi connectivity index (χ2n) is 5.03. The van der Waals surface area contributed by atoms with Crippen LogP contribution in [0.25, 0.3) is 10.9 Å². The molecule has 1 amide bonds. The summed E-state index contributed by atoms with van der Waals surface area (Å²) in [4.78, 5) is 18.7. The van der Waals surface area contributed by atoms with Crippen LogP contribution < -0.4 is 5.73 Å². The van der Waals surface area contributed by atoms with Gasteiger partial charge < -0.3 is 15.6 Å². The molecule has 1 aromatic carbocycles. The van der Waals surface area contributed by atoms with Gasteiger partial charge in [0.15, 0.2) is 5.96 Å². The molecule has 0 spiro atoms. The minimum absolute atomic E-state index is 0. The van der Waals surface area contributed by atoms with Crippen molar-refractivity contribution >= 4 is 46.8 Å². The van der Waals surface area contributed by atoms with Crippen molar-refractivity contribution in [3.63, 3.8) is 0 Å². The van der Waals surface area contributed by atoms with Crippen molar-refractivity contribution in [2.24, 2.45) is 5.73 Å². The molecular formula is C14H19Cl2N5O. The van der Waals surface area contributed by atoms with Gasteiger partial charge in [-0.3, -0.25) is 15.1 Å². The van der Waals surface area contributed by atoms with Gasteiger partial charge in [-0.25, -0.2) is 0 Å². The summed E-state index contributed by atoms with van der Waals surface area (Å²) in [6, 6.07) is 7.10. The van der Waals surface area contributed by atoms with Gasteiger partial charge in [-0.2, -0.15) is 0 Å². The number of aromatic nitrogens is 1. The number of rotatable bonds is 4. The van der Waals surface area contributed by atoms with Crippen LogP contribution in [0, 0.1) is 5.41 Å². The fraction of sp³-hybridized carbons (Fsp3) is 0.286. The van der Waals surface area contributed by atoms with Gasteiger partial charge in [-0.05, 0) is 32.3 Å². The predicted molar refractivity (Wildman–Crippen MR) is 92.1 cm³/mol. The van der Waals surface area contributed by atoms with E-state index in [2.05, 4.69) is 4.98 Å². The van der Waals surface area contributed by atoms with Crippen molar-refractivity contribution < 1.29 is 4.79 Å². The first-order chi connectivity index (χ1) is 9.90. The van der Waals surface area contributed by atoms with Gasteiger partial charge in [-0.1, -0.05) is 17.7 Å². The molecule has 0 aliphatic heterocycles. The fourth-order valence-corrected chi connectivity index (χ4v) is 2.24. The maximum atomic E-state index is 12.5. The monoisotopic (exact) mass is 343 g/mol. The summed E-state index contributed by atoms with van der Waals surface area (Å²) in [7, 11) is 3.79. The molecule has 6 nitrogen and oxygen atoms in total. The van der Waals surface area contributed by atoms with Crippen molar-refractivity contribution in [2.45, 2.75) is 0 Å². The highest BCUT2D eigenvalue weighted by Gasteiger charge is 2.20. The molecule has 0 aliphatic carbocycles. The van der Waals surface area contributed by atoms with Crippen molar-refractivity contribution in [1.29, 1.82) is 5.41 Å². The number of carbonyl (C=O) groups is 1. The largest absolute Gasteiger partial charge is 0.370 e. The van der Waals surface area contributed by atoms with Crippen LogP contribution >= 0.6 is 24.0 Å². The number of nitrogens with one attached hydrogen (secondary N) is 2. The standard InChI is InChI=1S/C14H18ClN5O.ClH/c1-19(2)6-7-20(14(16)17)13(21)12-8-9-10(15)4-3-5-11(9)18-12;/h3-5,8,18H,6-7H2,1-2H3,(H3,16,17);1H. The second kappa shape index (κ2) is 7.49. The molecule has 1 heterocycles. The van der Waals surface area contributed by atoms with Crippen molar-refractivity contribution in [1.82, 2.24) is 14.8 Å². The van der Waals surface area contributed by atoms with Gasteiger partial charge in [0.05, 0.1) is 0 Å². The number of nitrogens with two attached hydrogens (primary N) is 1. The number of aromatic amines is 1. The molecule has 0 saturated carbocycles. The molecule has 0 bridgehead atoms. The highest BCUT2D eigenvalue weighted by molar-refractivity contribution is 6.35. The number of nitrogens with zero attached hydrogens (tertiary/aromatic N) is 2. The van der Waals surface area contributed by atoms with Crippen LogP contribution in [0.5, 0.6) is 0 Å². The first-order valence-electron chi connectivity index (χ1n) is 6.48. The van der Waals surface area contributed by atoms with Crippen LogP contribution in [0.15, 0.2) is 24.3 Å². The van der Waals surface area contributed by atoms with Crippen LogP contribution in [0.1, 0.15) is 10.5 Å². The highest BCUT2D eigenvalue weighted by Crippen LogP contribution is 2.24. The minimum atomic E-state index is -0.336. The minimum Gasteiger partial charge on any atom is -0.370 e. The Morgan fingerprint density at radius 1 is 1.36 bits per heavy atom. The molecule has 0 aliphatic rings. The van der Waals surface area contributed by atoms with Gasteiger partial charge in [0.1, 0.15) is 5.69 Å². The third-order valence-corrected chi connectivity index (χ3v) is 3.48. The van der Waals surface area contributed by atoms with E-state index in [0.717, 1.165) is 10.9 Å². The number of H-pyrrole nitrogens is 1. The molecule has 0 unspecified atom stereocenters. The Morgan fingerprint density at radius 3 is 2.59 bits per heavy atom.